The topological polar surface area (TPSA) is 71.0 Å². The molecule has 5 rings (SSSR count). The summed E-state index contributed by atoms with van der Waals surface area (Å²) >= 11 is 0. The number of methoxy groups -OCH3 is 1. The van der Waals surface area contributed by atoms with E-state index in [4.69, 9.17) is 9.47 Å². The molecule has 8 nitrogen and oxygen atoms in total. The molecular formula is C26H31N5O3. The van der Waals surface area contributed by atoms with Crippen molar-refractivity contribution in [3.63, 3.8) is 0 Å². The van der Waals surface area contributed by atoms with Crippen LogP contribution < -0.4 is 14.5 Å². The number of rotatable bonds is 7. The van der Waals surface area contributed by atoms with Gasteiger partial charge in [0.2, 0.25) is 5.88 Å². The van der Waals surface area contributed by atoms with Gasteiger partial charge >= 0.3 is 6.09 Å². The van der Waals surface area contributed by atoms with Gasteiger partial charge in [0.25, 0.3) is 0 Å². The van der Waals surface area contributed by atoms with Gasteiger partial charge in [0.1, 0.15) is 11.6 Å². The molecule has 2 aliphatic heterocycles. The third-order valence-electron chi connectivity index (χ3n) is 6.58. The second-order valence-corrected chi connectivity index (χ2v) is 8.87. The lowest BCUT2D eigenvalue weighted by Gasteiger charge is -2.36. The van der Waals surface area contributed by atoms with Crippen molar-refractivity contribution in [1.82, 2.24) is 14.9 Å². The van der Waals surface area contributed by atoms with Gasteiger partial charge in [-0.3, -0.25) is 14.8 Å². The van der Waals surface area contributed by atoms with E-state index in [9.17, 15) is 4.79 Å². The third-order valence-corrected chi connectivity index (χ3v) is 6.58. The molecule has 4 heterocycles. The third kappa shape index (κ3) is 4.63. The quantitative estimate of drug-likeness (QED) is 0.531. The number of aryl methyl sites for hydroxylation is 1. The lowest BCUT2D eigenvalue weighted by atomic mass is 10.1. The molecule has 0 bridgehead atoms. The van der Waals surface area contributed by atoms with Crippen LogP contribution in [-0.2, 0) is 11.2 Å². The highest BCUT2D eigenvalue weighted by Gasteiger charge is 2.34. The number of carbonyl (C=O) groups is 1. The summed E-state index contributed by atoms with van der Waals surface area (Å²) in [6.45, 7) is 7.05. The van der Waals surface area contributed by atoms with E-state index in [1.807, 2.05) is 36.5 Å². The van der Waals surface area contributed by atoms with Gasteiger partial charge in [0.15, 0.2) is 0 Å². The lowest BCUT2D eigenvalue weighted by Crippen LogP contribution is -2.49. The molecule has 34 heavy (non-hydrogen) atoms. The molecule has 2 aliphatic rings. The van der Waals surface area contributed by atoms with Crippen LogP contribution in [0.3, 0.4) is 0 Å². The minimum Gasteiger partial charge on any atom is -0.481 e. The minimum absolute atomic E-state index is 0.123. The van der Waals surface area contributed by atoms with Gasteiger partial charge in [-0.25, -0.2) is 9.78 Å². The molecule has 2 aromatic heterocycles. The monoisotopic (exact) mass is 461 g/mol. The fourth-order valence-corrected chi connectivity index (χ4v) is 4.78. The molecule has 1 unspecified atom stereocenters. The van der Waals surface area contributed by atoms with Gasteiger partial charge in [0.05, 0.1) is 24.9 Å². The van der Waals surface area contributed by atoms with E-state index in [0.29, 0.717) is 12.4 Å². The Kier molecular flexibility index (Phi) is 6.49. The van der Waals surface area contributed by atoms with Crippen LogP contribution in [0.25, 0.3) is 11.0 Å². The fraction of sp³-hybridized carbons (Fsp3) is 0.423. The number of hydrogen-bond acceptors (Lipinski definition) is 7. The van der Waals surface area contributed by atoms with Crippen molar-refractivity contribution in [1.29, 1.82) is 0 Å². The molecule has 0 aliphatic carbocycles. The van der Waals surface area contributed by atoms with Crippen LogP contribution in [0.1, 0.15) is 18.9 Å². The van der Waals surface area contributed by atoms with Crippen molar-refractivity contribution >= 4 is 28.5 Å². The summed E-state index contributed by atoms with van der Waals surface area (Å²) in [6, 6.07) is 14.1. The van der Waals surface area contributed by atoms with Gasteiger partial charge in [-0.1, -0.05) is 25.5 Å². The van der Waals surface area contributed by atoms with Gasteiger partial charge in [-0.2, -0.15) is 0 Å². The Morgan fingerprint density at radius 2 is 1.85 bits per heavy atom. The number of carbonyl (C=O) groups excluding carboxylic acids is 1. The summed E-state index contributed by atoms with van der Waals surface area (Å²) in [5.41, 5.74) is 5.00. The molecule has 3 aromatic rings. The summed E-state index contributed by atoms with van der Waals surface area (Å²) in [5.74, 6) is 0.591. The summed E-state index contributed by atoms with van der Waals surface area (Å²) in [7, 11) is 1.63. The molecule has 2 saturated heterocycles. The molecule has 1 aromatic carbocycles. The Bertz CT molecular complexity index is 1140. The van der Waals surface area contributed by atoms with Crippen molar-refractivity contribution in [3.05, 3.63) is 54.2 Å². The first-order chi connectivity index (χ1) is 16.6. The maximum absolute atomic E-state index is 12.5. The van der Waals surface area contributed by atoms with Crippen molar-refractivity contribution in [2.45, 2.75) is 25.9 Å². The van der Waals surface area contributed by atoms with E-state index in [-0.39, 0.29) is 12.2 Å². The van der Waals surface area contributed by atoms with Gasteiger partial charge in [-0.05, 0) is 36.2 Å². The van der Waals surface area contributed by atoms with Crippen molar-refractivity contribution in [2.75, 3.05) is 56.2 Å². The van der Waals surface area contributed by atoms with Crippen LogP contribution in [-0.4, -0.2) is 73.4 Å². The number of ether oxygens (including phenoxy) is 2. The minimum atomic E-state index is -0.254. The largest absolute Gasteiger partial charge is 0.481 e. The van der Waals surface area contributed by atoms with E-state index < -0.39 is 0 Å². The number of fused-ring (bicyclic) bond motifs is 1. The van der Waals surface area contributed by atoms with Crippen LogP contribution in [0.15, 0.2) is 48.7 Å². The highest BCUT2D eigenvalue weighted by Crippen LogP contribution is 2.27. The Morgan fingerprint density at radius 3 is 2.59 bits per heavy atom. The van der Waals surface area contributed by atoms with Gasteiger partial charge in [0, 0.05) is 50.7 Å². The Hall–Kier alpha value is -3.39. The summed E-state index contributed by atoms with van der Waals surface area (Å²) in [6.07, 6.45) is 3.62. The van der Waals surface area contributed by atoms with E-state index in [2.05, 4.69) is 38.8 Å². The summed E-state index contributed by atoms with van der Waals surface area (Å²) in [4.78, 5) is 28.0. The first-order valence-electron chi connectivity index (χ1n) is 12.0. The van der Waals surface area contributed by atoms with Crippen molar-refractivity contribution in [3.8, 4) is 5.88 Å². The number of piperazine rings is 1. The lowest BCUT2D eigenvalue weighted by molar-refractivity contribution is 0.106. The number of amides is 1. The van der Waals surface area contributed by atoms with Crippen LogP contribution in [0, 0.1) is 0 Å². The number of aromatic nitrogens is 2. The van der Waals surface area contributed by atoms with Crippen LogP contribution in [0.5, 0.6) is 5.88 Å². The Morgan fingerprint density at radius 1 is 1.06 bits per heavy atom. The summed E-state index contributed by atoms with van der Waals surface area (Å²) in [5, 5.41) is 0. The van der Waals surface area contributed by atoms with E-state index >= 15 is 0 Å². The standard InChI is InChI=1S/C26H31N5O3/c1-3-4-19-5-7-20(8-6-19)31-18-21(34-26(31)32)17-29-13-15-30(16-14-29)23-11-12-27-22-9-10-24(33-2)28-25(22)23/h5-12,21H,3-4,13-18H2,1-2H3. The SMILES string of the molecule is CCCc1ccc(N2CC(CN3CCN(c4ccnc5ccc(OC)nc45)CC3)OC2=O)cc1. The summed E-state index contributed by atoms with van der Waals surface area (Å²) < 4.78 is 11.0. The van der Waals surface area contributed by atoms with Crippen LogP contribution in [0.2, 0.25) is 0 Å². The molecule has 0 radical (unpaired) electrons. The molecule has 0 spiro atoms. The highest BCUT2D eigenvalue weighted by atomic mass is 16.6. The molecule has 1 atom stereocenters. The van der Waals surface area contributed by atoms with Crippen molar-refractivity contribution < 1.29 is 14.3 Å². The second kappa shape index (κ2) is 9.85. The van der Waals surface area contributed by atoms with E-state index in [1.54, 1.807) is 12.0 Å². The molecular weight excluding hydrogens is 430 g/mol. The zero-order valence-electron chi connectivity index (χ0n) is 19.8. The number of cyclic esters (lactones) is 1. The zero-order valence-corrected chi connectivity index (χ0v) is 19.8. The average Bonchev–Trinajstić information content (AvgIpc) is 3.24. The van der Waals surface area contributed by atoms with Gasteiger partial charge < -0.3 is 14.4 Å². The predicted molar refractivity (Wildman–Crippen MR) is 133 cm³/mol. The number of hydrogen-bond donors (Lipinski definition) is 0. The first kappa shape index (κ1) is 22.4. The van der Waals surface area contributed by atoms with Crippen molar-refractivity contribution in [2.24, 2.45) is 0 Å². The predicted octanol–water partition coefficient (Wildman–Crippen LogP) is 3.74. The maximum Gasteiger partial charge on any atom is 0.414 e. The highest BCUT2D eigenvalue weighted by molar-refractivity contribution is 5.90. The zero-order chi connectivity index (χ0) is 23.5. The number of anilines is 2. The number of nitrogens with zero attached hydrogens (tertiary/aromatic N) is 5. The molecule has 0 saturated carbocycles. The number of benzene rings is 1. The smallest absolute Gasteiger partial charge is 0.414 e. The Balaban J connectivity index is 1.19. The fourth-order valence-electron chi connectivity index (χ4n) is 4.78. The first-order valence-corrected chi connectivity index (χ1v) is 12.0. The molecule has 1 amide bonds. The normalized spacial score (nSPS) is 19.0. The number of pyridine rings is 2. The van der Waals surface area contributed by atoms with E-state index in [0.717, 1.165) is 68.0 Å². The Labute approximate surface area is 200 Å². The van der Waals surface area contributed by atoms with Crippen LogP contribution >= 0.6 is 0 Å². The molecule has 2 fully saturated rings. The molecule has 8 heteroatoms. The maximum atomic E-state index is 12.5. The van der Waals surface area contributed by atoms with Crippen LogP contribution in [0.4, 0.5) is 16.2 Å². The molecule has 0 N–H and O–H groups in total. The van der Waals surface area contributed by atoms with E-state index in [1.165, 1.54) is 5.56 Å². The molecule has 178 valence electrons. The van der Waals surface area contributed by atoms with Gasteiger partial charge in [-0.15, -0.1) is 0 Å². The second-order valence-electron chi connectivity index (χ2n) is 8.87. The average molecular weight is 462 g/mol.